The molecule has 0 aliphatic rings. The molecule has 0 unspecified atom stereocenters. The van der Waals surface area contributed by atoms with Crippen molar-refractivity contribution in [3.05, 3.63) is 28.8 Å². The molecule has 0 bridgehead atoms. The van der Waals surface area contributed by atoms with E-state index in [0.717, 1.165) is 0 Å². The minimum Gasteiger partial charge on any atom is -0.383 e. The Morgan fingerprint density at radius 1 is 1.53 bits per heavy atom. The first-order valence-electron chi connectivity index (χ1n) is 5.15. The number of ether oxygens (including phenoxy) is 1. The zero-order valence-electron chi connectivity index (χ0n) is 9.71. The van der Waals surface area contributed by atoms with Gasteiger partial charge in [0, 0.05) is 26.0 Å². The normalized spacial score (nSPS) is 10.9. The predicted octanol–water partition coefficient (Wildman–Crippen LogP) is 1.16. The van der Waals surface area contributed by atoms with Crippen LogP contribution in [0.2, 0.25) is 0 Å². The number of hydrogen-bond acceptors (Lipinski definition) is 5. The van der Waals surface area contributed by atoms with Crippen molar-refractivity contribution >= 4 is 22.7 Å². The van der Waals surface area contributed by atoms with E-state index < -0.39 is 0 Å². The molecule has 2 heterocycles. The molecule has 2 aromatic rings. The molecule has 6 heteroatoms. The van der Waals surface area contributed by atoms with Crippen molar-refractivity contribution < 1.29 is 4.74 Å². The Bertz CT molecular complexity index is 582. The minimum absolute atomic E-state index is 0.0767. The van der Waals surface area contributed by atoms with Gasteiger partial charge in [-0.25, -0.2) is 9.97 Å². The van der Waals surface area contributed by atoms with Crippen molar-refractivity contribution in [2.75, 3.05) is 20.0 Å². The first-order valence-corrected chi connectivity index (χ1v) is 6.38. The Kier molecular flexibility index (Phi) is 3.75. The number of aromatic nitrogens is 3. The van der Waals surface area contributed by atoms with Crippen molar-refractivity contribution in [2.45, 2.75) is 11.7 Å². The standard InChI is InChI=1S/C11H13N3O2S/c1-16-6-5-14-4-3-9-8(10(14)15)7-12-11(13-9)17-2/h3-4,7H,5-6H2,1-2H3. The van der Waals surface area contributed by atoms with Gasteiger partial charge in [0.1, 0.15) is 0 Å². The maximum atomic E-state index is 12.1. The molecule has 0 aliphatic heterocycles. The number of hydrogen-bond donors (Lipinski definition) is 0. The highest BCUT2D eigenvalue weighted by molar-refractivity contribution is 7.98. The van der Waals surface area contributed by atoms with E-state index >= 15 is 0 Å². The Hall–Kier alpha value is -1.40. The molecular formula is C11H13N3O2S. The van der Waals surface area contributed by atoms with E-state index in [4.69, 9.17) is 4.74 Å². The Labute approximate surface area is 103 Å². The third kappa shape index (κ3) is 2.48. The third-order valence-electron chi connectivity index (χ3n) is 2.42. The molecule has 5 nitrogen and oxygen atoms in total. The van der Waals surface area contributed by atoms with E-state index in [0.29, 0.717) is 29.2 Å². The van der Waals surface area contributed by atoms with E-state index in [1.807, 2.05) is 12.3 Å². The fourth-order valence-electron chi connectivity index (χ4n) is 1.52. The second kappa shape index (κ2) is 5.29. The van der Waals surface area contributed by atoms with Crippen LogP contribution in [0.5, 0.6) is 0 Å². The highest BCUT2D eigenvalue weighted by Crippen LogP contribution is 2.11. The summed E-state index contributed by atoms with van der Waals surface area (Å²) >= 11 is 1.46. The zero-order chi connectivity index (χ0) is 12.3. The molecular weight excluding hydrogens is 238 g/mol. The van der Waals surface area contributed by atoms with Crippen LogP contribution < -0.4 is 5.56 Å². The summed E-state index contributed by atoms with van der Waals surface area (Å²) in [6.07, 6.45) is 5.22. The van der Waals surface area contributed by atoms with E-state index in [1.165, 1.54) is 11.8 Å². The number of fused-ring (bicyclic) bond motifs is 1. The van der Waals surface area contributed by atoms with Gasteiger partial charge in [0.15, 0.2) is 5.16 Å². The fourth-order valence-corrected chi connectivity index (χ4v) is 1.86. The number of rotatable bonds is 4. The summed E-state index contributed by atoms with van der Waals surface area (Å²) in [5.74, 6) is 0. The second-order valence-corrected chi connectivity index (χ2v) is 4.24. The Morgan fingerprint density at radius 2 is 2.35 bits per heavy atom. The molecule has 2 aromatic heterocycles. The van der Waals surface area contributed by atoms with E-state index in [9.17, 15) is 4.79 Å². The van der Waals surface area contributed by atoms with Crippen LogP contribution in [0.15, 0.2) is 28.4 Å². The number of nitrogens with zero attached hydrogens (tertiary/aromatic N) is 3. The molecule has 0 radical (unpaired) electrons. The van der Waals surface area contributed by atoms with Crippen LogP contribution in [0, 0.1) is 0 Å². The van der Waals surface area contributed by atoms with Gasteiger partial charge in [0.25, 0.3) is 5.56 Å². The molecule has 17 heavy (non-hydrogen) atoms. The summed E-state index contributed by atoms with van der Waals surface area (Å²) < 4.78 is 6.56. The van der Waals surface area contributed by atoms with Crippen LogP contribution in [-0.4, -0.2) is 34.5 Å². The largest absolute Gasteiger partial charge is 0.383 e. The molecule has 0 fully saturated rings. The van der Waals surface area contributed by atoms with Crippen molar-refractivity contribution in [3.8, 4) is 0 Å². The zero-order valence-corrected chi connectivity index (χ0v) is 10.5. The number of pyridine rings is 1. The van der Waals surface area contributed by atoms with Gasteiger partial charge >= 0.3 is 0 Å². The lowest BCUT2D eigenvalue weighted by molar-refractivity contribution is 0.186. The molecule has 0 atom stereocenters. The summed E-state index contributed by atoms with van der Waals surface area (Å²) in [6.45, 7) is 1.05. The molecule has 0 saturated carbocycles. The summed E-state index contributed by atoms with van der Waals surface area (Å²) in [4.78, 5) is 20.5. The summed E-state index contributed by atoms with van der Waals surface area (Å²) in [5.41, 5.74) is 0.607. The van der Waals surface area contributed by atoms with Crippen LogP contribution in [0.25, 0.3) is 10.9 Å². The van der Waals surface area contributed by atoms with Crippen molar-refractivity contribution in [1.29, 1.82) is 0 Å². The van der Waals surface area contributed by atoms with Gasteiger partial charge in [-0.1, -0.05) is 11.8 Å². The molecule has 0 aliphatic carbocycles. The van der Waals surface area contributed by atoms with Gasteiger partial charge < -0.3 is 9.30 Å². The van der Waals surface area contributed by atoms with Gasteiger partial charge in [0.05, 0.1) is 17.5 Å². The third-order valence-corrected chi connectivity index (χ3v) is 2.98. The van der Waals surface area contributed by atoms with Gasteiger partial charge in [0.2, 0.25) is 0 Å². The van der Waals surface area contributed by atoms with Crippen LogP contribution in [0.3, 0.4) is 0 Å². The Balaban J connectivity index is 2.49. The molecule has 0 spiro atoms. The maximum Gasteiger partial charge on any atom is 0.261 e. The summed E-state index contributed by atoms with van der Waals surface area (Å²) in [6, 6.07) is 1.83. The maximum absolute atomic E-state index is 12.1. The molecule has 0 amide bonds. The lowest BCUT2D eigenvalue weighted by Crippen LogP contribution is -2.22. The summed E-state index contributed by atoms with van der Waals surface area (Å²) in [5, 5.41) is 1.22. The van der Waals surface area contributed by atoms with Crippen LogP contribution in [0.4, 0.5) is 0 Å². The molecule has 0 aromatic carbocycles. The number of thioether (sulfide) groups is 1. The van der Waals surface area contributed by atoms with E-state index in [1.54, 1.807) is 24.1 Å². The quantitative estimate of drug-likeness (QED) is 0.603. The van der Waals surface area contributed by atoms with Gasteiger partial charge in [-0.05, 0) is 12.3 Å². The smallest absolute Gasteiger partial charge is 0.261 e. The van der Waals surface area contributed by atoms with Crippen molar-refractivity contribution in [3.63, 3.8) is 0 Å². The highest BCUT2D eigenvalue weighted by Gasteiger charge is 2.05. The lowest BCUT2D eigenvalue weighted by Gasteiger charge is -2.06. The molecule has 2 rings (SSSR count). The molecule has 90 valence electrons. The van der Waals surface area contributed by atoms with Crippen molar-refractivity contribution in [1.82, 2.24) is 14.5 Å². The molecule has 0 saturated heterocycles. The van der Waals surface area contributed by atoms with Gasteiger partial charge in [-0.2, -0.15) is 0 Å². The average Bonchev–Trinajstić information content (AvgIpc) is 2.37. The van der Waals surface area contributed by atoms with Crippen LogP contribution in [-0.2, 0) is 11.3 Å². The lowest BCUT2D eigenvalue weighted by atomic mass is 10.3. The summed E-state index contributed by atoms with van der Waals surface area (Å²) in [7, 11) is 1.61. The SMILES string of the molecule is COCCn1ccc2nc(SC)ncc2c1=O. The number of methoxy groups -OCH3 is 1. The topological polar surface area (TPSA) is 57.0 Å². The van der Waals surface area contributed by atoms with Gasteiger partial charge in [-0.3, -0.25) is 4.79 Å². The first-order chi connectivity index (χ1) is 8.26. The predicted molar refractivity (Wildman–Crippen MR) is 67.5 cm³/mol. The highest BCUT2D eigenvalue weighted by atomic mass is 32.2. The second-order valence-electron chi connectivity index (χ2n) is 3.46. The minimum atomic E-state index is -0.0767. The monoisotopic (exact) mass is 251 g/mol. The van der Waals surface area contributed by atoms with Crippen LogP contribution in [0.1, 0.15) is 0 Å². The first kappa shape index (κ1) is 12.1. The fraction of sp³-hybridized carbons (Fsp3) is 0.364. The van der Waals surface area contributed by atoms with Crippen LogP contribution >= 0.6 is 11.8 Å². The van der Waals surface area contributed by atoms with E-state index in [2.05, 4.69) is 9.97 Å². The van der Waals surface area contributed by atoms with E-state index in [-0.39, 0.29) is 5.56 Å². The average molecular weight is 251 g/mol. The van der Waals surface area contributed by atoms with Crippen molar-refractivity contribution in [2.24, 2.45) is 0 Å². The molecule has 0 N–H and O–H groups in total. The Morgan fingerprint density at radius 3 is 3.06 bits per heavy atom. The van der Waals surface area contributed by atoms with Gasteiger partial charge in [-0.15, -0.1) is 0 Å².